The molecular formula is C23H26ClN3O2. The van der Waals surface area contributed by atoms with Gasteiger partial charge in [0.05, 0.1) is 0 Å². The lowest BCUT2D eigenvalue weighted by atomic mass is 9.47. The summed E-state index contributed by atoms with van der Waals surface area (Å²) >= 11 is 6.06. The van der Waals surface area contributed by atoms with Crippen molar-refractivity contribution >= 4 is 23.4 Å². The van der Waals surface area contributed by atoms with Crippen LogP contribution in [-0.4, -0.2) is 22.8 Å². The average Bonchev–Trinajstić information content (AvgIpc) is 3.12. The number of carbonyl (C=O) groups is 2. The summed E-state index contributed by atoms with van der Waals surface area (Å²) in [5.74, 6) is 1.10. The Morgan fingerprint density at radius 1 is 1.14 bits per heavy atom. The van der Waals surface area contributed by atoms with Crippen molar-refractivity contribution in [1.82, 2.24) is 10.3 Å². The molecule has 4 saturated carbocycles. The summed E-state index contributed by atoms with van der Waals surface area (Å²) in [5.41, 5.74) is 8.11. The summed E-state index contributed by atoms with van der Waals surface area (Å²) in [4.78, 5) is 28.3. The second-order valence-electron chi connectivity index (χ2n) is 9.32. The van der Waals surface area contributed by atoms with E-state index in [9.17, 15) is 9.59 Å². The number of hydrogen-bond acceptors (Lipinski definition) is 2. The Morgan fingerprint density at radius 3 is 2.59 bits per heavy atom. The van der Waals surface area contributed by atoms with Crippen molar-refractivity contribution in [2.75, 3.05) is 0 Å². The second kappa shape index (κ2) is 6.91. The molecule has 0 radical (unpaired) electrons. The zero-order chi connectivity index (χ0) is 20.2. The predicted molar refractivity (Wildman–Crippen MR) is 111 cm³/mol. The van der Waals surface area contributed by atoms with E-state index in [-0.39, 0.29) is 23.3 Å². The fraction of sp³-hybridized carbons (Fsp3) is 0.478. The van der Waals surface area contributed by atoms with Gasteiger partial charge in [-0.25, -0.2) is 0 Å². The van der Waals surface area contributed by atoms with Gasteiger partial charge >= 0.3 is 0 Å². The molecule has 2 atom stereocenters. The zero-order valence-corrected chi connectivity index (χ0v) is 17.0. The van der Waals surface area contributed by atoms with Crippen molar-refractivity contribution in [2.24, 2.45) is 28.9 Å². The lowest BCUT2D eigenvalue weighted by Crippen LogP contribution is -2.62. The minimum Gasteiger partial charge on any atom is -0.369 e. The van der Waals surface area contributed by atoms with Gasteiger partial charge in [-0.1, -0.05) is 23.7 Å². The maximum absolute atomic E-state index is 12.9. The van der Waals surface area contributed by atoms with E-state index in [1.165, 1.54) is 0 Å². The number of H-pyrrole nitrogens is 1. The normalized spacial score (nSPS) is 32.3. The summed E-state index contributed by atoms with van der Waals surface area (Å²) in [6.07, 6.45) is 5.49. The Balaban J connectivity index is 1.27. The maximum Gasteiger partial charge on any atom is 0.267 e. The van der Waals surface area contributed by atoms with Crippen molar-refractivity contribution in [3.05, 3.63) is 58.4 Å². The average molecular weight is 412 g/mol. The van der Waals surface area contributed by atoms with Crippen molar-refractivity contribution in [3.63, 3.8) is 0 Å². The van der Waals surface area contributed by atoms with E-state index in [0.29, 0.717) is 34.9 Å². The molecule has 2 unspecified atom stereocenters. The van der Waals surface area contributed by atoms with Crippen LogP contribution in [0.3, 0.4) is 0 Å². The van der Waals surface area contributed by atoms with Crippen LogP contribution in [0.2, 0.25) is 5.02 Å². The van der Waals surface area contributed by atoms with Crippen LogP contribution in [0.25, 0.3) is 0 Å². The number of nitrogens with two attached hydrogens (primary N) is 1. The molecule has 0 saturated heterocycles. The highest BCUT2D eigenvalue weighted by molar-refractivity contribution is 6.30. The minimum absolute atomic E-state index is 0.0621. The molecule has 4 fully saturated rings. The summed E-state index contributed by atoms with van der Waals surface area (Å²) in [6.45, 7) is 0. The molecule has 6 rings (SSSR count). The number of halogens is 1. The standard InChI is InChI=1S/C23H26ClN3O2/c24-17-3-1-2-13(8-17)9-18-4-5-19(26-18)21(28)27-20-15-6-14-7-16(20)12-23(10-14,11-15)22(25)29/h1-5,8,14-16,20,26H,6-7,9-12H2,(H2,25,29)(H,27,28). The number of nitrogens with one attached hydrogen (secondary N) is 2. The Bertz CT molecular complexity index is 953. The number of primary amides is 1. The molecule has 0 aliphatic heterocycles. The van der Waals surface area contributed by atoms with Crippen molar-refractivity contribution in [3.8, 4) is 0 Å². The number of aromatic nitrogens is 1. The summed E-state index contributed by atoms with van der Waals surface area (Å²) < 4.78 is 0. The highest BCUT2D eigenvalue weighted by atomic mass is 35.5. The van der Waals surface area contributed by atoms with E-state index >= 15 is 0 Å². The molecule has 4 aliphatic carbocycles. The number of benzene rings is 1. The fourth-order valence-corrected chi connectivity index (χ4v) is 6.55. The molecule has 1 aromatic carbocycles. The third kappa shape index (κ3) is 3.35. The van der Waals surface area contributed by atoms with Crippen molar-refractivity contribution in [1.29, 1.82) is 0 Å². The first-order chi connectivity index (χ1) is 13.9. The summed E-state index contributed by atoms with van der Waals surface area (Å²) in [7, 11) is 0. The second-order valence-corrected chi connectivity index (χ2v) is 9.75. The fourth-order valence-electron chi connectivity index (χ4n) is 6.33. The number of rotatable bonds is 5. The van der Waals surface area contributed by atoms with Gasteiger partial charge in [0.15, 0.2) is 0 Å². The Hall–Kier alpha value is -2.27. The summed E-state index contributed by atoms with van der Waals surface area (Å²) in [5, 5.41) is 3.99. The van der Waals surface area contributed by atoms with Crippen LogP contribution in [0.4, 0.5) is 0 Å². The molecule has 29 heavy (non-hydrogen) atoms. The molecule has 2 amide bonds. The van der Waals surface area contributed by atoms with Gasteiger partial charge in [0.25, 0.3) is 5.91 Å². The molecule has 4 bridgehead atoms. The van der Waals surface area contributed by atoms with E-state index in [2.05, 4.69) is 10.3 Å². The molecule has 152 valence electrons. The van der Waals surface area contributed by atoms with Gasteiger partial charge in [-0.05, 0) is 79.7 Å². The molecule has 5 nitrogen and oxygen atoms in total. The maximum atomic E-state index is 12.9. The van der Waals surface area contributed by atoms with Gasteiger partial charge in [0.1, 0.15) is 5.69 Å². The predicted octanol–water partition coefficient (Wildman–Crippen LogP) is 3.67. The van der Waals surface area contributed by atoms with Crippen LogP contribution in [0.1, 0.15) is 53.8 Å². The third-order valence-corrected chi connectivity index (χ3v) is 7.60. The summed E-state index contributed by atoms with van der Waals surface area (Å²) in [6, 6.07) is 11.7. The van der Waals surface area contributed by atoms with Crippen LogP contribution < -0.4 is 11.1 Å². The number of carbonyl (C=O) groups excluding carboxylic acids is 2. The highest BCUT2D eigenvalue weighted by Crippen LogP contribution is 2.59. The number of hydrogen-bond donors (Lipinski definition) is 3. The highest BCUT2D eigenvalue weighted by Gasteiger charge is 2.58. The molecule has 2 aromatic rings. The first-order valence-electron chi connectivity index (χ1n) is 10.4. The van der Waals surface area contributed by atoms with Gasteiger partial charge in [0.2, 0.25) is 5.91 Å². The molecule has 6 heteroatoms. The van der Waals surface area contributed by atoms with Gasteiger partial charge in [-0.3, -0.25) is 9.59 Å². The minimum atomic E-state index is -0.325. The van der Waals surface area contributed by atoms with Crippen molar-refractivity contribution in [2.45, 2.75) is 44.6 Å². The number of amides is 2. The zero-order valence-electron chi connectivity index (χ0n) is 16.3. The number of aromatic amines is 1. The van der Waals surface area contributed by atoms with Crippen LogP contribution in [-0.2, 0) is 11.2 Å². The van der Waals surface area contributed by atoms with E-state index in [0.717, 1.165) is 43.4 Å². The quantitative estimate of drug-likeness (QED) is 0.700. The molecule has 0 spiro atoms. The van der Waals surface area contributed by atoms with E-state index < -0.39 is 0 Å². The smallest absolute Gasteiger partial charge is 0.267 e. The van der Waals surface area contributed by atoms with Gasteiger partial charge in [-0.15, -0.1) is 0 Å². The van der Waals surface area contributed by atoms with Crippen molar-refractivity contribution < 1.29 is 9.59 Å². The van der Waals surface area contributed by atoms with Crippen LogP contribution in [0, 0.1) is 23.2 Å². The van der Waals surface area contributed by atoms with Gasteiger partial charge in [-0.2, -0.15) is 0 Å². The molecule has 1 aromatic heterocycles. The largest absolute Gasteiger partial charge is 0.369 e. The monoisotopic (exact) mass is 411 g/mol. The van der Waals surface area contributed by atoms with E-state index in [1.54, 1.807) is 0 Å². The van der Waals surface area contributed by atoms with Crippen LogP contribution >= 0.6 is 11.6 Å². The lowest BCUT2D eigenvalue weighted by molar-refractivity contribution is -0.145. The molecule has 4 N–H and O–H groups in total. The topological polar surface area (TPSA) is 88.0 Å². The van der Waals surface area contributed by atoms with Crippen LogP contribution in [0.15, 0.2) is 36.4 Å². The Labute approximate surface area is 175 Å². The first-order valence-corrected chi connectivity index (χ1v) is 10.8. The Kier molecular flexibility index (Phi) is 4.46. The molecular weight excluding hydrogens is 386 g/mol. The van der Waals surface area contributed by atoms with E-state index in [1.807, 2.05) is 36.4 Å². The van der Waals surface area contributed by atoms with Gasteiger partial charge in [0, 0.05) is 28.6 Å². The Morgan fingerprint density at radius 2 is 1.90 bits per heavy atom. The van der Waals surface area contributed by atoms with Crippen LogP contribution in [0.5, 0.6) is 0 Å². The SMILES string of the molecule is NC(=O)C12CC3CC(C1)C(NC(=O)c1ccc(Cc4cccc(Cl)c4)[nH]1)C(C3)C2. The first kappa shape index (κ1) is 18.7. The van der Waals surface area contributed by atoms with E-state index in [4.69, 9.17) is 17.3 Å². The van der Waals surface area contributed by atoms with Gasteiger partial charge < -0.3 is 16.0 Å². The molecule has 1 heterocycles. The lowest BCUT2D eigenvalue weighted by Gasteiger charge is -2.58. The third-order valence-electron chi connectivity index (χ3n) is 7.37. The molecule has 4 aliphatic rings.